The minimum absolute atomic E-state index is 0.0645. The van der Waals surface area contributed by atoms with Gasteiger partial charge in [-0.3, -0.25) is 9.59 Å². The summed E-state index contributed by atoms with van der Waals surface area (Å²) in [6, 6.07) is 0. The van der Waals surface area contributed by atoms with Crippen molar-refractivity contribution in [2.24, 2.45) is 28.6 Å². The molecule has 142 valence electrons. The van der Waals surface area contributed by atoms with E-state index in [1.165, 1.54) is 18.9 Å². The number of ketones is 1. The zero-order valence-electron chi connectivity index (χ0n) is 16.6. The van der Waals surface area contributed by atoms with Gasteiger partial charge in [-0.15, -0.1) is 0 Å². The Hall–Kier alpha value is -1.38. The number of hydrogen-bond acceptors (Lipinski definition) is 3. The maximum atomic E-state index is 12.2. The molecule has 0 heterocycles. The monoisotopic (exact) mass is 356 g/mol. The molecule has 3 heteroatoms. The molecule has 2 fully saturated rings. The molecule has 2 saturated carbocycles. The first-order chi connectivity index (χ1) is 12.3. The average molecular weight is 357 g/mol. The van der Waals surface area contributed by atoms with E-state index in [-0.39, 0.29) is 28.7 Å². The van der Waals surface area contributed by atoms with Crippen molar-refractivity contribution in [3.8, 4) is 0 Å². The van der Waals surface area contributed by atoms with Gasteiger partial charge in [0.15, 0.2) is 5.78 Å². The number of carbonyl (C=O) groups excluding carboxylic acids is 2. The molecular weight excluding hydrogens is 324 g/mol. The van der Waals surface area contributed by atoms with E-state index in [0.29, 0.717) is 17.8 Å². The molecule has 0 spiro atoms. The Morgan fingerprint density at radius 2 is 1.73 bits per heavy atom. The van der Waals surface area contributed by atoms with Gasteiger partial charge in [0.25, 0.3) is 0 Å². The first-order valence-electron chi connectivity index (χ1n) is 10.3. The molecule has 4 aliphatic carbocycles. The Morgan fingerprint density at radius 1 is 1.00 bits per heavy atom. The fourth-order valence-electron chi connectivity index (χ4n) is 7.08. The van der Waals surface area contributed by atoms with Crippen LogP contribution in [-0.2, 0) is 14.3 Å². The van der Waals surface area contributed by atoms with Gasteiger partial charge in [0.05, 0.1) is 0 Å². The van der Waals surface area contributed by atoms with E-state index in [1.54, 1.807) is 6.92 Å². The van der Waals surface area contributed by atoms with Gasteiger partial charge in [0.2, 0.25) is 0 Å². The van der Waals surface area contributed by atoms with Crippen LogP contribution in [0.5, 0.6) is 0 Å². The van der Waals surface area contributed by atoms with Crippen LogP contribution in [0.15, 0.2) is 23.3 Å². The zero-order valence-corrected chi connectivity index (χ0v) is 16.6. The Bertz CT molecular complexity index is 702. The van der Waals surface area contributed by atoms with E-state index in [1.807, 2.05) is 0 Å². The maximum absolute atomic E-state index is 12.2. The summed E-state index contributed by atoms with van der Waals surface area (Å²) < 4.78 is 5.52. The molecule has 0 aromatic rings. The summed E-state index contributed by atoms with van der Waals surface area (Å²) in [4.78, 5) is 23.5. The van der Waals surface area contributed by atoms with E-state index in [9.17, 15) is 9.59 Å². The normalized spacial score (nSPS) is 44.2. The van der Waals surface area contributed by atoms with Crippen molar-refractivity contribution in [2.45, 2.75) is 78.7 Å². The fourth-order valence-corrected chi connectivity index (χ4v) is 7.08. The Labute approximate surface area is 157 Å². The Kier molecular flexibility index (Phi) is 4.20. The molecule has 0 aliphatic heterocycles. The summed E-state index contributed by atoms with van der Waals surface area (Å²) in [6.07, 6.45) is 12.3. The van der Waals surface area contributed by atoms with Gasteiger partial charge in [-0.1, -0.05) is 31.6 Å². The molecule has 0 aromatic carbocycles. The van der Waals surface area contributed by atoms with Crippen molar-refractivity contribution in [1.82, 2.24) is 0 Å². The highest BCUT2D eigenvalue weighted by Crippen LogP contribution is 2.65. The lowest BCUT2D eigenvalue weighted by Gasteiger charge is -2.57. The summed E-state index contributed by atoms with van der Waals surface area (Å²) in [5, 5.41) is 0. The molecule has 0 saturated heterocycles. The van der Waals surface area contributed by atoms with Gasteiger partial charge in [0.1, 0.15) is 6.10 Å². The van der Waals surface area contributed by atoms with Gasteiger partial charge < -0.3 is 4.74 Å². The third-order valence-electron chi connectivity index (χ3n) is 8.35. The van der Waals surface area contributed by atoms with Crippen LogP contribution in [0.25, 0.3) is 0 Å². The summed E-state index contributed by atoms with van der Waals surface area (Å²) >= 11 is 0. The quantitative estimate of drug-likeness (QED) is 0.516. The highest BCUT2D eigenvalue weighted by atomic mass is 16.5. The largest absolute Gasteiger partial charge is 0.462 e. The topological polar surface area (TPSA) is 43.4 Å². The highest BCUT2D eigenvalue weighted by Gasteiger charge is 2.57. The molecule has 4 rings (SSSR count). The van der Waals surface area contributed by atoms with Gasteiger partial charge in [0, 0.05) is 13.3 Å². The molecule has 3 nitrogen and oxygen atoms in total. The van der Waals surface area contributed by atoms with Crippen molar-refractivity contribution in [3.05, 3.63) is 23.3 Å². The number of ether oxygens (including phenoxy) is 1. The van der Waals surface area contributed by atoms with Crippen LogP contribution in [0.3, 0.4) is 0 Å². The van der Waals surface area contributed by atoms with Crippen molar-refractivity contribution in [1.29, 1.82) is 0 Å². The SMILES string of the molecule is CC(=O)OC1CCC2(C)C(=CCC3[C@@H]2CCC2(C)C(C(C)=O)=CC[C@@H]32)C1. The molecule has 6 atom stereocenters. The van der Waals surface area contributed by atoms with E-state index in [0.717, 1.165) is 44.1 Å². The number of allylic oxidation sites excluding steroid dienone is 3. The number of Topliss-reactive ketones (excluding diaryl/α,β-unsaturated/α-hetero) is 1. The van der Waals surface area contributed by atoms with Gasteiger partial charge >= 0.3 is 5.97 Å². The Morgan fingerprint density at radius 3 is 2.42 bits per heavy atom. The third-order valence-corrected chi connectivity index (χ3v) is 8.35. The molecule has 4 unspecified atom stereocenters. The molecule has 0 bridgehead atoms. The first-order valence-corrected chi connectivity index (χ1v) is 10.3. The van der Waals surface area contributed by atoms with Crippen LogP contribution >= 0.6 is 0 Å². The fraction of sp³-hybridized carbons (Fsp3) is 0.739. The Balaban J connectivity index is 1.59. The summed E-state index contributed by atoms with van der Waals surface area (Å²) in [5.74, 6) is 2.11. The van der Waals surface area contributed by atoms with Crippen LogP contribution < -0.4 is 0 Å². The number of carbonyl (C=O) groups is 2. The van der Waals surface area contributed by atoms with Crippen molar-refractivity contribution >= 4 is 11.8 Å². The third kappa shape index (κ3) is 2.53. The second-order valence-corrected chi connectivity index (χ2v) is 9.60. The number of fused-ring (bicyclic) bond motifs is 5. The minimum atomic E-state index is -0.157. The van der Waals surface area contributed by atoms with Crippen molar-refractivity contribution in [3.63, 3.8) is 0 Å². The van der Waals surface area contributed by atoms with E-state index >= 15 is 0 Å². The highest BCUT2D eigenvalue weighted by molar-refractivity contribution is 5.95. The molecule has 0 N–H and O–H groups in total. The van der Waals surface area contributed by atoms with Crippen LogP contribution in [0.4, 0.5) is 0 Å². The second-order valence-electron chi connectivity index (χ2n) is 9.60. The molecule has 0 aromatic heterocycles. The number of esters is 1. The molecule has 0 radical (unpaired) electrons. The molecule has 26 heavy (non-hydrogen) atoms. The van der Waals surface area contributed by atoms with Crippen molar-refractivity contribution < 1.29 is 14.3 Å². The van der Waals surface area contributed by atoms with Gasteiger partial charge in [-0.25, -0.2) is 0 Å². The molecule has 0 amide bonds. The number of rotatable bonds is 2. The maximum Gasteiger partial charge on any atom is 0.302 e. The van der Waals surface area contributed by atoms with Crippen LogP contribution in [0.2, 0.25) is 0 Å². The summed E-state index contributed by atoms with van der Waals surface area (Å²) in [5.41, 5.74) is 2.96. The predicted molar refractivity (Wildman–Crippen MR) is 101 cm³/mol. The first kappa shape index (κ1) is 18.0. The molecular formula is C23H32O3. The minimum Gasteiger partial charge on any atom is -0.462 e. The van der Waals surface area contributed by atoms with Crippen LogP contribution in [0.1, 0.15) is 72.6 Å². The zero-order chi connectivity index (χ0) is 18.7. The lowest BCUT2D eigenvalue weighted by Crippen LogP contribution is -2.50. The summed E-state index contributed by atoms with van der Waals surface area (Å²) in [7, 11) is 0. The van der Waals surface area contributed by atoms with Crippen LogP contribution in [-0.4, -0.2) is 17.9 Å². The molecule has 4 aliphatic rings. The number of hydrogen-bond donors (Lipinski definition) is 0. The smallest absolute Gasteiger partial charge is 0.302 e. The van der Waals surface area contributed by atoms with Gasteiger partial charge in [-0.2, -0.15) is 0 Å². The predicted octanol–water partition coefficient (Wildman–Crippen LogP) is 5.01. The summed E-state index contributed by atoms with van der Waals surface area (Å²) in [6.45, 7) is 8.05. The second kappa shape index (κ2) is 6.07. The van der Waals surface area contributed by atoms with E-state index in [4.69, 9.17) is 4.74 Å². The standard InChI is InChI=1S/C23H32O3/c1-14(24)19-7-8-20-18-6-5-16-13-17(26-15(2)25)9-11-22(16,3)21(18)10-12-23(19,20)4/h5,7,17-18,20-21H,6,8-13H2,1-4H3/t17?,18?,20-,21-,22?,23?/m0/s1. The van der Waals surface area contributed by atoms with Gasteiger partial charge in [-0.05, 0) is 79.6 Å². The van der Waals surface area contributed by atoms with Crippen LogP contribution in [0, 0.1) is 28.6 Å². The lowest BCUT2D eigenvalue weighted by atomic mass is 9.47. The van der Waals surface area contributed by atoms with E-state index < -0.39 is 0 Å². The lowest BCUT2D eigenvalue weighted by molar-refractivity contribution is -0.148. The van der Waals surface area contributed by atoms with Crippen molar-refractivity contribution in [2.75, 3.05) is 0 Å². The average Bonchev–Trinajstić information content (AvgIpc) is 2.92. The van der Waals surface area contributed by atoms with E-state index in [2.05, 4.69) is 26.0 Å².